The van der Waals surface area contributed by atoms with Gasteiger partial charge in [0.2, 0.25) is 5.91 Å². The Morgan fingerprint density at radius 1 is 1.22 bits per heavy atom. The highest BCUT2D eigenvalue weighted by Crippen LogP contribution is 2.24. The van der Waals surface area contributed by atoms with E-state index < -0.39 is 11.6 Å². The van der Waals surface area contributed by atoms with E-state index in [0.717, 1.165) is 17.7 Å². The second kappa shape index (κ2) is 8.78. The third-order valence-electron chi connectivity index (χ3n) is 4.87. The molecular formula is C20H22ClF2N3O. The molecule has 1 heterocycles. The number of halogens is 3. The summed E-state index contributed by atoms with van der Waals surface area (Å²) in [6.45, 7) is 1.36. The Kier molecular flexibility index (Phi) is 6.42. The van der Waals surface area contributed by atoms with Crippen molar-refractivity contribution in [3.8, 4) is 0 Å². The highest BCUT2D eigenvalue weighted by molar-refractivity contribution is 6.31. The van der Waals surface area contributed by atoms with E-state index in [1.165, 1.54) is 6.07 Å². The van der Waals surface area contributed by atoms with Gasteiger partial charge in [-0.15, -0.1) is 0 Å². The Morgan fingerprint density at radius 3 is 2.74 bits per heavy atom. The van der Waals surface area contributed by atoms with Crippen molar-refractivity contribution in [3.05, 3.63) is 70.2 Å². The standard InChI is InChI=1S/C20H22ClF2N3O/c1-24-20(27)19-9-16(25-10-14-8-15(22)6-7-18(14)23)12-26(19)11-13-4-2-3-5-17(13)21/h2-8,16,19,25H,9-12H2,1H3,(H,24,27)/t16-,19-/m0/s1. The van der Waals surface area contributed by atoms with Crippen LogP contribution < -0.4 is 10.6 Å². The molecule has 4 nitrogen and oxygen atoms in total. The number of nitrogens with one attached hydrogen (secondary N) is 2. The first-order valence-corrected chi connectivity index (χ1v) is 9.22. The summed E-state index contributed by atoms with van der Waals surface area (Å²) < 4.78 is 27.2. The van der Waals surface area contributed by atoms with Crippen LogP contribution in [0, 0.1) is 11.6 Å². The highest BCUT2D eigenvalue weighted by atomic mass is 35.5. The largest absolute Gasteiger partial charge is 0.358 e. The van der Waals surface area contributed by atoms with Crippen LogP contribution in [0.15, 0.2) is 42.5 Å². The van der Waals surface area contributed by atoms with Crippen molar-refractivity contribution in [2.24, 2.45) is 0 Å². The van der Waals surface area contributed by atoms with Gasteiger partial charge in [-0.25, -0.2) is 8.78 Å². The van der Waals surface area contributed by atoms with Crippen LogP contribution in [0.5, 0.6) is 0 Å². The van der Waals surface area contributed by atoms with Crippen molar-refractivity contribution in [3.63, 3.8) is 0 Å². The van der Waals surface area contributed by atoms with E-state index in [1.54, 1.807) is 7.05 Å². The quantitative estimate of drug-likeness (QED) is 0.792. The van der Waals surface area contributed by atoms with Gasteiger partial charge in [0.15, 0.2) is 0 Å². The van der Waals surface area contributed by atoms with Gasteiger partial charge in [-0.2, -0.15) is 0 Å². The Bertz CT molecular complexity index is 818. The lowest BCUT2D eigenvalue weighted by Gasteiger charge is -2.23. The van der Waals surface area contributed by atoms with E-state index >= 15 is 0 Å². The van der Waals surface area contributed by atoms with Crippen LogP contribution in [0.1, 0.15) is 17.5 Å². The molecule has 1 amide bonds. The van der Waals surface area contributed by atoms with E-state index in [2.05, 4.69) is 15.5 Å². The lowest BCUT2D eigenvalue weighted by molar-refractivity contribution is -0.125. The molecule has 1 aliphatic heterocycles. The van der Waals surface area contributed by atoms with Crippen LogP contribution in [0.4, 0.5) is 8.78 Å². The second-order valence-corrected chi connectivity index (χ2v) is 7.11. The number of hydrogen-bond acceptors (Lipinski definition) is 3. The lowest BCUT2D eigenvalue weighted by atomic mass is 10.1. The van der Waals surface area contributed by atoms with Crippen LogP contribution in [0.2, 0.25) is 5.02 Å². The predicted molar refractivity (Wildman–Crippen MR) is 101 cm³/mol. The molecule has 2 atom stereocenters. The molecule has 0 spiro atoms. The summed E-state index contributed by atoms with van der Waals surface area (Å²) in [7, 11) is 1.61. The summed E-state index contributed by atoms with van der Waals surface area (Å²) in [5.41, 5.74) is 1.22. The molecule has 1 aliphatic rings. The van der Waals surface area contributed by atoms with Crippen molar-refractivity contribution in [2.45, 2.75) is 31.6 Å². The minimum absolute atomic E-state index is 0.0162. The van der Waals surface area contributed by atoms with Gasteiger partial charge >= 0.3 is 0 Å². The van der Waals surface area contributed by atoms with Crippen molar-refractivity contribution >= 4 is 17.5 Å². The third-order valence-corrected chi connectivity index (χ3v) is 5.24. The van der Waals surface area contributed by atoms with E-state index in [1.807, 2.05) is 24.3 Å². The molecule has 1 fully saturated rings. The Morgan fingerprint density at radius 2 is 2.00 bits per heavy atom. The minimum atomic E-state index is -0.469. The fourth-order valence-corrected chi connectivity index (χ4v) is 3.64. The molecule has 0 aromatic heterocycles. The van der Waals surface area contributed by atoms with Crippen LogP contribution in [-0.4, -0.2) is 36.5 Å². The van der Waals surface area contributed by atoms with E-state index in [0.29, 0.717) is 24.5 Å². The summed E-state index contributed by atoms with van der Waals surface area (Å²) in [6, 6.07) is 10.6. The van der Waals surface area contributed by atoms with E-state index in [4.69, 9.17) is 11.6 Å². The number of nitrogens with zero attached hydrogens (tertiary/aromatic N) is 1. The molecule has 3 rings (SSSR count). The lowest BCUT2D eigenvalue weighted by Crippen LogP contribution is -2.41. The Labute approximate surface area is 162 Å². The van der Waals surface area contributed by atoms with Crippen LogP contribution in [0.25, 0.3) is 0 Å². The molecule has 7 heteroatoms. The smallest absolute Gasteiger partial charge is 0.237 e. The number of carbonyl (C=O) groups excluding carboxylic acids is 1. The predicted octanol–water partition coefficient (Wildman–Crippen LogP) is 3.10. The van der Waals surface area contributed by atoms with Crippen LogP contribution >= 0.6 is 11.6 Å². The molecule has 2 N–H and O–H groups in total. The molecule has 144 valence electrons. The number of hydrogen-bond donors (Lipinski definition) is 2. The zero-order valence-electron chi connectivity index (χ0n) is 15.0. The van der Waals surface area contributed by atoms with Gasteiger partial charge in [0.1, 0.15) is 11.6 Å². The van der Waals surface area contributed by atoms with Crippen molar-refractivity contribution in [2.75, 3.05) is 13.6 Å². The topological polar surface area (TPSA) is 44.4 Å². The molecule has 1 saturated heterocycles. The van der Waals surface area contributed by atoms with Crippen LogP contribution in [0.3, 0.4) is 0 Å². The monoisotopic (exact) mass is 393 g/mol. The number of rotatable bonds is 6. The van der Waals surface area contributed by atoms with Crippen molar-refractivity contribution in [1.82, 2.24) is 15.5 Å². The van der Waals surface area contributed by atoms with Crippen molar-refractivity contribution in [1.29, 1.82) is 0 Å². The SMILES string of the molecule is CNC(=O)[C@@H]1C[C@H](NCc2cc(F)ccc2F)CN1Cc1ccccc1Cl. The van der Waals surface area contributed by atoms with Crippen LogP contribution in [-0.2, 0) is 17.9 Å². The Balaban J connectivity index is 1.68. The molecule has 0 bridgehead atoms. The summed E-state index contributed by atoms with van der Waals surface area (Å²) in [6.07, 6.45) is 0.584. The summed E-state index contributed by atoms with van der Waals surface area (Å²) in [4.78, 5) is 14.4. The maximum Gasteiger partial charge on any atom is 0.237 e. The molecule has 0 radical (unpaired) electrons. The summed E-state index contributed by atoms with van der Waals surface area (Å²) in [5, 5.41) is 6.60. The molecule has 0 saturated carbocycles. The normalized spacial score (nSPS) is 20.0. The van der Waals surface area contributed by atoms with Gasteiger partial charge in [-0.05, 0) is 36.2 Å². The molecule has 27 heavy (non-hydrogen) atoms. The zero-order chi connectivity index (χ0) is 19.4. The maximum absolute atomic E-state index is 13.8. The van der Waals surface area contributed by atoms with Gasteiger partial charge in [0, 0.05) is 43.3 Å². The minimum Gasteiger partial charge on any atom is -0.358 e. The first kappa shape index (κ1) is 19.7. The first-order chi connectivity index (χ1) is 13.0. The molecular weight excluding hydrogens is 372 g/mol. The van der Waals surface area contributed by atoms with Crippen molar-refractivity contribution < 1.29 is 13.6 Å². The fourth-order valence-electron chi connectivity index (χ4n) is 3.44. The molecule has 0 unspecified atom stereocenters. The van der Waals surface area contributed by atoms with Gasteiger partial charge in [-0.3, -0.25) is 9.69 Å². The number of likely N-dealkylation sites (tertiary alicyclic amines) is 1. The maximum atomic E-state index is 13.8. The number of carbonyl (C=O) groups is 1. The average molecular weight is 394 g/mol. The zero-order valence-corrected chi connectivity index (χ0v) is 15.8. The summed E-state index contributed by atoms with van der Waals surface area (Å²) in [5.74, 6) is -0.982. The average Bonchev–Trinajstić information content (AvgIpc) is 3.06. The Hall–Kier alpha value is -2.02. The van der Waals surface area contributed by atoms with E-state index in [9.17, 15) is 13.6 Å². The second-order valence-electron chi connectivity index (χ2n) is 6.70. The van der Waals surface area contributed by atoms with E-state index in [-0.39, 0.29) is 30.1 Å². The molecule has 2 aromatic carbocycles. The van der Waals surface area contributed by atoms with Gasteiger partial charge in [0.25, 0.3) is 0 Å². The third kappa shape index (κ3) is 4.83. The highest BCUT2D eigenvalue weighted by Gasteiger charge is 2.36. The fraction of sp³-hybridized carbons (Fsp3) is 0.350. The number of amides is 1. The molecule has 2 aromatic rings. The number of benzene rings is 2. The van der Waals surface area contributed by atoms with Gasteiger partial charge < -0.3 is 10.6 Å². The van der Waals surface area contributed by atoms with Gasteiger partial charge in [0.05, 0.1) is 6.04 Å². The first-order valence-electron chi connectivity index (χ1n) is 8.84. The molecule has 0 aliphatic carbocycles. The summed E-state index contributed by atoms with van der Waals surface area (Å²) >= 11 is 6.25. The number of likely N-dealkylation sites (N-methyl/N-ethyl adjacent to an activating group) is 1. The van der Waals surface area contributed by atoms with Gasteiger partial charge in [-0.1, -0.05) is 29.8 Å².